The molecule has 3 heteroatoms. The molecule has 0 spiro atoms. The van der Waals surface area contributed by atoms with Crippen LogP contribution >= 0.6 is 0 Å². The number of benzene rings is 1. The first kappa shape index (κ1) is 13.7. The largest absolute Gasteiger partial charge is 0.329 e. The van der Waals surface area contributed by atoms with E-state index in [-0.39, 0.29) is 11.4 Å². The van der Waals surface area contributed by atoms with Crippen molar-refractivity contribution in [2.24, 2.45) is 5.73 Å². The van der Waals surface area contributed by atoms with E-state index in [2.05, 4.69) is 11.2 Å². The molecule has 3 N–H and O–H groups in total. The minimum absolute atomic E-state index is 0.217. The van der Waals surface area contributed by atoms with E-state index in [4.69, 9.17) is 12.2 Å². The van der Waals surface area contributed by atoms with Crippen molar-refractivity contribution in [3.05, 3.63) is 35.6 Å². The lowest BCUT2D eigenvalue weighted by Crippen LogP contribution is -2.50. The van der Waals surface area contributed by atoms with E-state index in [0.717, 1.165) is 12.1 Å². The zero-order chi connectivity index (χ0) is 12.7. The van der Waals surface area contributed by atoms with Crippen LogP contribution < -0.4 is 11.1 Å². The Morgan fingerprint density at radius 3 is 2.88 bits per heavy atom. The van der Waals surface area contributed by atoms with E-state index in [9.17, 15) is 4.39 Å². The maximum Gasteiger partial charge on any atom is 0.123 e. The minimum atomic E-state index is -0.245. The molecule has 0 fully saturated rings. The highest BCUT2D eigenvalue weighted by Gasteiger charge is 2.21. The molecule has 0 saturated carbocycles. The third-order valence-corrected chi connectivity index (χ3v) is 2.75. The van der Waals surface area contributed by atoms with Crippen LogP contribution in [-0.2, 0) is 6.42 Å². The van der Waals surface area contributed by atoms with Gasteiger partial charge in [0.1, 0.15) is 5.82 Å². The summed E-state index contributed by atoms with van der Waals surface area (Å²) in [5, 5.41) is 3.32. The summed E-state index contributed by atoms with van der Waals surface area (Å²) >= 11 is 0. The number of terminal acetylenes is 1. The topological polar surface area (TPSA) is 38.0 Å². The van der Waals surface area contributed by atoms with Crippen LogP contribution in [0.1, 0.15) is 18.9 Å². The quantitative estimate of drug-likeness (QED) is 0.581. The zero-order valence-corrected chi connectivity index (χ0v) is 10.2. The second-order valence-electron chi connectivity index (χ2n) is 4.45. The molecule has 0 aliphatic heterocycles. The highest BCUT2D eigenvalue weighted by molar-refractivity contribution is 5.19. The molecule has 0 radical (unpaired) electrons. The lowest BCUT2D eigenvalue weighted by Gasteiger charge is -2.29. The standard InChI is InChI=1S/C14H19FN2/c1-3-4-8-17-14(2,11-16)10-12-6-5-7-13(15)9-12/h1,5-7,9,17H,4,8,10-11,16H2,2H3. The summed E-state index contributed by atoms with van der Waals surface area (Å²) in [4.78, 5) is 0. The van der Waals surface area contributed by atoms with Gasteiger partial charge in [0.15, 0.2) is 0 Å². The van der Waals surface area contributed by atoms with E-state index >= 15 is 0 Å². The van der Waals surface area contributed by atoms with Crippen molar-refractivity contribution in [1.82, 2.24) is 5.32 Å². The highest BCUT2D eigenvalue weighted by atomic mass is 19.1. The summed E-state index contributed by atoms with van der Waals surface area (Å²) in [6.07, 6.45) is 6.55. The Balaban J connectivity index is 2.65. The minimum Gasteiger partial charge on any atom is -0.329 e. The number of rotatable bonds is 6. The van der Waals surface area contributed by atoms with Gasteiger partial charge in [0.05, 0.1) is 0 Å². The van der Waals surface area contributed by atoms with Gasteiger partial charge >= 0.3 is 0 Å². The molecule has 0 heterocycles. The number of nitrogens with two attached hydrogens (primary N) is 1. The second-order valence-corrected chi connectivity index (χ2v) is 4.45. The number of halogens is 1. The molecule has 0 amide bonds. The first-order valence-corrected chi connectivity index (χ1v) is 5.73. The van der Waals surface area contributed by atoms with Crippen molar-refractivity contribution < 1.29 is 4.39 Å². The fraction of sp³-hybridized carbons (Fsp3) is 0.429. The summed E-state index contributed by atoms with van der Waals surface area (Å²) in [5.74, 6) is 2.36. The summed E-state index contributed by atoms with van der Waals surface area (Å²) in [7, 11) is 0. The normalized spacial score (nSPS) is 14.0. The monoisotopic (exact) mass is 234 g/mol. The molecule has 0 aliphatic carbocycles. The molecular formula is C14H19FN2. The smallest absolute Gasteiger partial charge is 0.123 e. The van der Waals surface area contributed by atoms with E-state index in [1.807, 2.05) is 13.0 Å². The van der Waals surface area contributed by atoms with Crippen molar-refractivity contribution in [3.8, 4) is 12.3 Å². The van der Waals surface area contributed by atoms with Gasteiger partial charge in [0.2, 0.25) is 0 Å². The second kappa shape index (κ2) is 6.39. The lowest BCUT2D eigenvalue weighted by atomic mass is 9.92. The van der Waals surface area contributed by atoms with Gasteiger partial charge in [-0.2, -0.15) is 0 Å². The van der Waals surface area contributed by atoms with Gasteiger partial charge in [-0.05, 0) is 31.0 Å². The fourth-order valence-corrected chi connectivity index (χ4v) is 1.74. The van der Waals surface area contributed by atoms with Gasteiger partial charge in [-0.3, -0.25) is 0 Å². The summed E-state index contributed by atoms with van der Waals surface area (Å²) in [6, 6.07) is 6.59. The van der Waals surface area contributed by atoms with Crippen LogP contribution in [0.15, 0.2) is 24.3 Å². The number of hydrogen-bond acceptors (Lipinski definition) is 2. The Morgan fingerprint density at radius 1 is 1.53 bits per heavy atom. The molecule has 1 atom stereocenters. The Bertz CT molecular complexity index is 397. The molecule has 1 rings (SSSR count). The Labute approximate surface area is 102 Å². The molecule has 2 nitrogen and oxygen atoms in total. The molecule has 1 unspecified atom stereocenters. The average molecular weight is 234 g/mol. The Kier molecular flexibility index (Phi) is 5.14. The summed E-state index contributed by atoms with van der Waals surface area (Å²) in [6.45, 7) is 3.22. The number of nitrogens with one attached hydrogen (secondary N) is 1. The maximum atomic E-state index is 13.1. The van der Waals surface area contributed by atoms with Gasteiger partial charge < -0.3 is 11.1 Å². The average Bonchev–Trinajstić information content (AvgIpc) is 2.29. The van der Waals surface area contributed by atoms with Gasteiger partial charge in [-0.15, -0.1) is 12.3 Å². The van der Waals surface area contributed by atoms with Crippen LogP contribution in [0.5, 0.6) is 0 Å². The van der Waals surface area contributed by atoms with Gasteiger partial charge in [-0.25, -0.2) is 4.39 Å². The third kappa shape index (κ3) is 4.56. The maximum absolute atomic E-state index is 13.1. The third-order valence-electron chi connectivity index (χ3n) is 2.75. The first-order chi connectivity index (χ1) is 8.09. The molecule has 1 aromatic carbocycles. The Morgan fingerprint density at radius 2 is 2.29 bits per heavy atom. The number of hydrogen-bond donors (Lipinski definition) is 2. The summed E-state index contributed by atoms with van der Waals surface area (Å²) in [5.41, 5.74) is 6.46. The van der Waals surface area contributed by atoms with Crippen molar-refractivity contribution in [1.29, 1.82) is 0 Å². The molecule has 92 valence electrons. The lowest BCUT2D eigenvalue weighted by molar-refractivity contribution is 0.365. The van der Waals surface area contributed by atoms with Crippen LogP contribution in [0, 0.1) is 18.2 Å². The van der Waals surface area contributed by atoms with Crippen LogP contribution in [-0.4, -0.2) is 18.6 Å². The molecule has 17 heavy (non-hydrogen) atoms. The van der Waals surface area contributed by atoms with Crippen LogP contribution in [0.2, 0.25) is 0 Å². The van der Waals surface area contributed by atoms with E-state index in [1.54, 1.807) is 6.07 Å². The molecular weight excluding hydrogens is 215 g/mol. The Hall–Kier alpha value is -1.37. The van der Waals surface area contributed by atoms with Gasteiger partial charge in [-0.1, -0.05) is 12.1 Å². The predicted molar refractivity (Wildman–Crippen MR) is 69.0 cm³/mol. The predicted octanol–water partition coefficient (Wildman–Crippen LogP) is 1.70. The van der Waals surface area contributed by atoms with Crippen LogP contribution in [0.4, 0.5) is 4.39 Å². The van der Waals surface area contributed by atoms with Crippen molar-refractivity contribution in [2.75, 3.05) is 13.1 Å². The highest BCUT2D eigenvalue weighted by Crippen LogP contribution is 2.13. The molecule has 0 aliphatic rings. The molecule has 0 aromatic heterocycles. The summed E-state index contributed by atoms with van der Waals surface area (Å²) < 4.78 is 13.1. The van der Waals surface area contributed by atoms with Crippen molar-refractivity contribution in [2.45, 2.75) is 25.3 Å². The van der Waals surface area contributed by atoms with Crippen LogP contribution in [0.3, 0.4) is 0 Å². The molecule has 0 bridgehead atoms. The van der Waals surface area contributed by atoms with Gasteiger partial charge in [0, 0.05) is 25.0 Å². The van der Waals surface area contributed by atoms with E-state index in [0.29, 0.717) is 19.4 Å². The molecule has 0 saturated heterocycles. The van der Waals surface area contributed by atoms with Crippen molar-refractivity contribution in [3.63, 3.8) is 0 Å². The van der Waals surface area contributed by atoms with Crippen LogP contribution in [0.25, 0.3) is 0 Å². The zero-order valence-electron chi connectivity index (χ0n) is 10.2. The molecule has 1 aromatic rings. The fourth-order valence-electron chi connectivity index (χ4n) is 1.74. The van der Waals surface area contributed by atoms with Gasteiger partial charge in [0.25, 0.3) is 0 Å². The van der Waals surface area contributed by atoms with Crippen molar-refractivity contribution >= 4 is 0 Å². The van der Waals surface area contributed by atoms with E-state index < -0.39 is 0 Å². The van der Waals surface area contributed by atoms with E-state index in [1.165, 1.54) is 12.1 Å². The SMILES string of the molecule is C#CCCNC(C)(CN)Cc1cccc(F)c1. The first-order valence-electron chi connectivity index (χ1n) is 5.73.